The molecular weight excluding hydrogens is 364 g/mol. The van der Waals surface area contributed by atoms with Crippen LogP contribution in [-0.4, -0.2) is 9.97 Å². The van der Waals surface area contributed by atoms with Crippen molar-refractivity contribution in [3.8, 4) is 0 Å². The average Bonchev–Trinajstić information content (AvgIpc) is 2.71. The zero-order valence-electron chi connectivity index (χ0n) is 18.8. The largest absolute Gasteiger partial charge is 0.248 e. The van der Waals surface area contributed by atoms with E-state index >= 15 is 0 Å². The molecule has 0 radical (unpaired) electrons. The zero-order valence-corrected chi connectivity index (χ0v) is 18.8. The lowest BCUT2D eigenvalue weighted by Gasteiger charge is -2.53. The summed E-state index contributed by atoms with van der Waals surface area (Å²) in [4.78, 5) is 10.5. The molecule has 0 N–H and O–H groups in total. The molecule has 0 spiro atoms. The summed E-state index contributed by atoms with van der Waals surface area (Å²) in [7, 11) is 0. The Bertz CT molecular complexity index is 1200. The molecule has 3 aliphatic carbocycles. The van der Waals surface area contributed by atoms with Gasteiger partial charge in [-0.3, -0.25) is 0 Å². The van der Waals surface area contributed by atoms with Crippen LogP contribution < -0.4 is 0 Å². The molecule has 1 aromatic heterocycles. The number of allylic oxidation sites excluding steroid dienone is 4. The van der Waals surface area contributed by atoms with E-state index in [1.54, 1.807) is 0 Å². The van der Waals surface area contributed by atoms with Crippen LogP contribution in [0.2, 0.25) is 0 Å². The molecule has 2 aromatic carbocycles. The first kappa shape index (κ1) is 19.2. The predicted molar refractivity (Wildman–Crippen MR) is 125 cm³/mol. The van der Waals surface area contributed by atoms with Gasteiger partial charge in [0, 0.05) is 5.92 Å². The van der Waals surface area contributed by atoms with Crippen molar-refractivity contribution in [2.75, 3.05) is 0 Å². The Balaban J connectivity index is 1.91. The van der Waals surface area contributed by atoms with Crippen LogP contribution in [0.15, 0.2) is 72.3 Å². The molecule has 0 saturated carbocycles. The first-order chi connectivity index (χ1) is 14.1. The van der Waals surface area contributed by atoms with E-state index < -0.39 is 0 Å². The molecule has 0 fully saturated rings. The molecule has 0 aliphatic heterocycles. The SMILES string of the molecule is CC(C)(C)C1=C[C@]2(C(C)(C)C)C(c3ccccc3)=C[C@H]1c1nc3ccccc3nc12. The molecule has 2 heteroatoms. The molecule has 30 heavy (non-hydrogen) atoms. The number of benzene rings is 2. The molecule has 3 aliphatic rings. The second kappa shape index (κ2) is 6.14. The number of nitrogens with zero attached hydrogens (tertiary/aromatic N) is 2. The highest BCUT2D eigenvalue weighted by molar-refractivity contribution is 5.86. The van der Waals surface area contributed by atoms with Gasteiger partial charge < -0.3 is 0 Å². The lowest BCUT2D eigenvalue weighted by atomic mass is 9.50. The highest BCUT2D eigenvalue weighted by atomic mass is 14.9. The van der Waals surface area contributed by atoms with E-state index in [4.69, 9.17) is 9.97 Å². The van der Waals surface area contributed by atoms with E-state index in [-0.39, 0.29) is 22.2 Å². The summed E-state index contributed by atoms with van der Waals surface area (Å²) in [5.41, 5.74) is 8.00. The van der Waals surface area contributed by atoms with Gasteiger partial charge in [0.15, 0.2) is 0 Å². The van der Waals surface area contributed by atoms with Crippen LogP contribution in [0.25, 0.3) is 16.6 Å². The van der Waals surface area contributed by atoms with Crippen LogP contribution in [0.4, 0.5) is 0 Å². The number of para-hydroxylation sites is 2. The third-order valence-corrected chi connectivity index (χ3v) is 6.86. The van der Waals surface area contributed by atoms with Crippen LogP contribution in [0.3, 0.4) is 0 Å². The smallest absolute Gasteiger partial charge is 0.0890 e. The van der Waals surface area contributed by atoms with Crippen molar-refractivity contribution < 1.29 is 0 Å². The first-order valence-corrected chi connectivity index (χ1v) is 10.9. The van der Waals surface area contributed by atoms with Crippen molar-refractivity contribution in [2.24, 2.45) is 10.8 Å². The Labute approximate surface area is 179 Å². The molecule has 6 rings (SSSR count). The maximum Gasteiger partial charge on any atom is 0.0890 e. The third kappa shape index (κ3) is 2.56. The fourth-order valence-electron chi connectivity index (χ4n) is 5.33. The minimum absolute atomic E-state index is 0.0604. The molecule has 152 valence electrons. The lowest BCUT2D eigenvalue weighted by molar-refractivity contribution is 0.274. The van der Waals surface area contributed by atoms with Gasteiger partial charge in [-0.05, 0) is 34.1 Å². The van der Waals surface area contributed by atoms with Crippen molar-refractivity contribution in [3.63, 3.8) is 0 Å². The highest BCUT2D eigenvalue weighted by Gasteiger charge is 2.55. The monoisotopic (exact) mass is 394 g/mol. The Kier molecular flexibility index (Phi) is 3.93. The number of rotatable bonds is 1. The number of hydrogen-bond donors (Lipinski definition) is 0. The van der Waals surface area contributed by atoms with Crippen LogP contribution >= 0.6 is 0 Å². The molecule has 2 bridgehead atoms. The van der Waals surface area contributed by atoms with Crippen LogP contribution in [0.5, 0.6) is 0 Å². The van der Waals surface area contributed by atoms with E-state index in [9.17, 15) is 0 Å². The maximum absolute atomic E-state index is 5.28. The number of hydrogen-bond acceptors (Lipinski definition) is 2. The molecule has 2 atom stereocenters. The van der Waals surface area contributed by atoms with E-state index in [0.717, 1.165) is 22.4 Å². The molecular formula is C28H30N2. The summed E-state index contributed by atoms with van der Waals surface area (Å²) in [6, 6.07) is 19.1. The van der Waals surface area contributed by atoms with Gasteiger partial charge in [0.2, 0.25) is 0 Å². The average molecular weight is 395 g/mol. The third-order valence-electron chi connectivity index (χ3n) is 6.86. The Hall–Kier alpha value is -2.74. The van der Waals surface area contributed by atoms with Crippen LogP contribution in [0, 0.1) is 10.8 Å². The van der Waals surface area contributed by atoms with Crippen LogP contribution in [0.1, 0.15) is 64.4 Å². The summed E-state index contributed by atoms with van der Waals surface area (Å²) in [6.45, 7) is 14.0. The van der Waals surface area contributed by atoms with E-state index in [1.165, 1.54) is 16.7 Å². The minimum atomic E-state index is -0.321. The topological polar surface area (TPSA) is 25.8 Å². The molecule has 1 heterocycles. The van der Waals surface area contributed by atoms with Crippen molar-refractivity contribution >= 4 is 16.6 Å². The van der Waals surface area contributed by atoms with Gasteiger partial charge in [-0.2, -0.15) is 0 Å². The summed E-state index contributed by atoms with van der Waals surface area (Å²) < 4.78 is 0. The maximum atomic E-state index is 5.28. The van der Waals surface area contributed by atoms with Gasteiger partial charge in [-0.15, -0.1) is 0 Å². The summed E-state index contributed by atoms with van der Waals surface area (Å²) in [6.07, 6.45) is 5.03. The minimum Gasteiger partial charge on any atom is -0.248 e. The second-order valence-electron chi connectivity index (χ2n) is 10.8. The van der Waals surface area contributed by atoms with Gasteiger partial charge in [-0.25, -0.2) is 9.97 Å². The number of fused-ring (bicyclic) bond motifs is 1. The van der Waals surface area contributed by atoms with Gasteiger partial charge in [-0.1, -0.05) is 102 Å². The van der Waals surface area contributed by atoms with Gasteiger partial charge in [0.05, 0.1) is 27.8 Å². The lowest BCUT2D eigenvalue weighted by Crippen LogP contribution is -2.48. The van der Waals surface area contributed by atoms with Crippen molar-refractivity contribution in [2.45, 2.75) is 52.9 Å². The summed E-state index contributed by atoms with van der Waals surface area (Å²) in [5, 5.41) is 0. The first-order valence-electron chi connectivity index (χ1n) is 10.9. The Morgan fingerprint density at radius 2 is 1.37 bits per heavy atom. The standard InChI is InChI=1S/C28H30N2/c1-26(2,3)21-17-28(27(4,5)6)20(18-12-8-7-9-13-18)16-19(21)24-25(28)30-23-15-11-10-14-22(23)29-24/h7-17,19H,1-6H3/t19-,28+/m1/s1. The van der Waals surface area contributed by atoms with Gasteiger partial charge >= 0.3 is 0 Å². The Morgan fingerprint density at radius 3 is 1.97 bits per heavy atom. The molecule has 3 aromatic rings. The molecule has 2 nitrogen and oxygen atoms in total. The fraction of sp³-hybridized carbons (Fsp3) is 0.357. The Morgan fingerprint density at radius 1 is 0.767 bits per heavy atom. The fourth-order valence-corrected chi connectivity index (χ4v) is 5.33. The van der Waals surface area contributed by atoms with E-state index in [2.05, 4.69) is 108 Å². The highest BCUT2D eigenvalue weighted by Crippen LogP contribution is 2.63. The van der Waals surface area contributed by atoms with E-state index in [0.29, 0.717) is 0 Å². The van der Waals surface area contributed by atoms with Crippen molar-refractivity contribution in [1.82, 2.24) is 9.97 Å². The molecule has 0 saturated heterocycles. The summed E-state index contributed by atoms with van der Waals surface area (Å²) >= 11 is 0. The quantitative estimate of drug-likeness (QED) is 0.412. The molecule has 0 amide bonds. The predicted octanol–water partition coefficient (Wildman–Crippen LogP) is 7.08. The van der Waals surface area contributed by atoms with E-state index in [1.807, 2.05) is 0 Å². The second-order valence-corrected chi connectivity index (χ2v) is 10.8. The van der Waals surface area contributed by atoms with Crippen molar-refractivity contribution in [3.05, 3.63) is 89.3 Å². The van der Waals surface area contributed by atoms with Crippen LogP contribution in [-0.2, 0) is 5.41 Å². The molecule has 0 unspecified atom stereocenters. The summed E-state index contributed by atoms with van der Waals surface area (Å²) in [5.74, 6) is 0.163. The number of aromatic nitrogens is 2. The normalized spacial score (nSPS) is 23.2. The van der Waals surface area contributed by atoms with Gasteiger partial charge in [0.25, 0.3) is 0 Å². The zero-order chi connectivity index (χ0) is 21.3. The van der Waals surface area contributed by atoms with Gasteiger partial charge in [0.1, 0.15) is 0 Å². The van der Waals surface area contributed by atoms with Crippen molar-refractivity contribution in [1.29, 1.82) is 0 Å².